The van der Waals surface area contributed by atoms with E-state index in [9.17, 15) is 14.0 Å². The molecule has 0 saturated carbocycles. The van der Waals surface area contributed by atoms with E-state index in [0.717, 1.165) is 11.3 Å². The number of nitrogens with one attached hydrogen (secondary N) is 2. The molecule has 0 radical (unpaired) electrons. The fourth-order valence-corrected chi connectivity index (χ4v) is 2.93. The molecule has 0 aliphatic rings. The van der Waals surface area contributed by atoms with Gasteiger partial charge in [0.05, 0.1) is 12.1 Å². The van der Waals surface area contributed by atoms with E-state index in [1.54, 1.807) is 30.3 Å². The quantitative estimate of drug-likeness (QED) is 0.698. The first kappa shape index (κ1) is 18.0. The summed E-state index contributed by atoms with van der Waals surface area (Å²) in [5.74, 6) is -1.61. The molecule has 6 nitrogen and oxygen atoms in total. The summed E-state index contributed by atoms with van der Waals surface area (Å²) < 4.78 is 13.6. The second-order valence-corrected chi connectivity index (χ2v) is 6.63. The number of amides is 2. The Labute approximate surface area is 157 Å². The lowest BCUT2D eigenvalue weighted by Gasteiger charge is -2.03. The largest absolute Gasteiger partial charge is 0.345 e. The number of aromatic nitrogens is 2. The maximum Gasteiger partial charge on any atom is 0.286 e. The van der Waals surface area contributed by atoms with Gasteiger partial charge in [-0.3, -0.25) is 9.59 Å². The lowest BCUT2D eigenvalue weighted by molar-refractivity contribution is 0.0946. The minimum atomic E-state index is -0.608. The second kappa shape index (κ2) is 8.03. The summed E-state index contributed by atoms with van der Waals surface area (Å²) in [4.78, 5) is 24.1. The SMILES string of the molecule is O=C(Nc1cccc(Cl)c1)c1nnc(CNC(=O)c2ccccc2F)s1. The second-order valence-electron chi connectivity index (χ2n) is 5.13. The van der Waals surface area contributed by atoms with Crippen molar-refractivity contribution in [1.29, 1.82) is 0 Å². The summed E-state index contributed by atoms with van der Waals surface area (Å²) in [7, 11) is 0. The molecule has 0 saturated heterocycles. The number of benzene rings is 2. The van der Waals surface area contributed by atoms with Crippen molar-refractivity contribution in [3.8, 4) is 0 Å². The van der Waals surface area contributed by atoms with Gasteiger partial charge >= 0.3 is 0 Å². The fraction of sp³-hybridized carbons (Fsp3) is 0.0588. The zero-order valence-corrected chi connectivity index (χ0v) is 14.8. The van der Waals surface area contributed by atoms with Gasteiger partial charge in [0.15, 0.2) is 0 Å². The smallest absolute Gasteiger partial charge is 0.286 e. The monoisotopic (exact) mass is 390 g/mol. The molecule has 2 aromatic carbocycles. The molecule has 3 aromatic rings. The van der Waals surface area contributed by atoms with Crippen molar-refractivity contribution in [2.24, 2.45) is 0 Å². The van der Waals surface area contributed by atoms with E-state index < -0.39 is 17.6 Å². The molecule has 1 aromatic heterocycles. The van der Waals surface area contributed by atoms with Gasteiger partial charge < -0.3 is 10.6 Å². The molecule has 2 amide bonds. The number of halogens is 2. The van der Waals surface area contributed by atoms with E-state index >= 15 is 0 Å². The molecule has 132 valence electrons. The molecular formula is C17H12ClFN4O2S. The maximum atomic E-state index is 13.6. The van der Waals surface area contributed by atoms with E-state index in [-0.39, 0.29) is 17.1 Å². The molecule has 3 rings (SSSR count). The summed E-state index contributed by atoms with van der Waals surface area (Å²) in [6.07, 6.45) is 0. The van der Waals surface area contributed by atoms with Gasteiger partial charge in [0.25, 0.3) is 11.8 Å². The van der Waals surface area contributed by atoms with Gasteiger partial charge in [0.1, 0.15) is 10.8 Å². The molecule has 0 fully saturated rings. The predicted octanol–water partition coefficient (Wildman–Crippen LogP) is 3.51. The van der Waals surface area contributed by atoms with Crippen LogP contribution >= 0.6 is 22.9 Å². The number of nitrogens with zero attached hydrogens (tertiary/aromatic N) is 2. The van der Waals surface area contributed by atoms with Crippen LogP contribution in [0.15, 0.2) is 48.5 Å². The van der Waals surface area contributed by atoms with Crippen molar-refractivity contribution in [1.82, 2.24) is 15.5 Å². The topological polar surface area (TPSA) is 84.0 Å². The Morgan fingerprint density at radius 1 is 1.08 bits per heavy atom. The Hall–Kier alpha value is -2.84. The van der Waals surface area contributed by atoms with Crippen LogP contribution in [0, 0.1) is 5.82 Å². The van der Waals surface area contributed by atoms with E-state index in [4.69, 9.17) is 11.6 Å². The summed E-state index contributed by atoms with van der Waals surface area (Å²) in [5, 5.41) is 13.9. The van der Waals surface area contributed by atoms with Crippen LogP contribution < -0.4 is 10.6 Å². The maximum absolute atomic E-state index is 13.6. The standard InChI is InChI=1S/C17H12ClFN4O2S/c18-10-4-3-5-11(8-10)21-16(25)17-23-22-14(26-17)9-20-15(24)12-6-1-2-7-13(12)19/h1-8H,9H2,(H,20,24)(H,21,25). The van der Waals surface area contributed by atoms with Crippen LogP contribution in [0.25, 0.3) is 0 Å². The molecule has 0 atom stereocenters. The highest BCUT2D eigenvalue weighted by atomic mass is 35.5. The number of anilines is 1. The lowest BCUT2D eigenvalue weighted by Crippen LogP contribution is -2.23. The third-order valence-electron chi connectivity index (χ3n) is 3.26. The Morgan fingerprint density at radius 3 is 2.65 bits per heavy atom. The van der Waals surface area contributed by atoms with Gasteiger partial charge in [-0.15, -0.1) is 10.2 Å². The Balaban J connectivity index is 1.60. The normalized spacial score (nSPS) is 10.4. The van der Waals surface area contributed by atoms with Crippen molar-refractivity contribution in [3.05, 3.63) is 74.9 Å². The first-order valence-corrected chi connectivity index (χ1v) is 8.64. The molecular weight excluding hydrogens is 379 g/mol. The van der Waals surface area contributed by atoms with Crippen molar-refractivity contribution < 1.29 is 14.0 Å². The van der Waals surface area contributed by atoms with Gasteiger partial charge in [-0.2, -0.15) is 0 Å². The summed E-state index contributed by atoms with van der Waals surface area (Å²) >= 11 is 6.90. The van der Waals surface area contributed by atoms with E-state index in [2.05, 4.69) is 20.8 Å². The van der Waals surface area contributed by atoms with Crippen molar-refractivity contribution >= 4 is 40.4 Å². The molecule has 0 spiro atoms. The van der Waals surface area contributed by atoms with Gasteiger partial charge in [0.2, 0.25) is 5.01 Å². The van der Waals surface area contributed by atoms with Crippen LogP contribution in [0.4, 0.5) is 10.1 Å². The zero-order chi connectivity index (χ0) is 18.5. The minimum Gasteiger partial charge on any atom is -0.345 e. The number of rotatable bonds is 5. The van der Waals surface area contributed by atoms with E-state index in [1.807, 2.05) is 0 Å². The predicted molar refractivity (Wildman–Crippen MR) is 96.9 cm³/mol. The highest BCUT2D eigenvalue weighted by Crippen LogP contribution is 2.17. The Morgan fingerprint density at radius 2 is 1.88 bits per heavy atom. The third-order valence-corrected chi connectivity index (χ3v) is 4.42. The first-order chi connectivity index (χ1) is 12.5. The summed E-state index contributed by atoms with van der Waals surface area (Å²) in [5.41, 5.74) is 0.475. The van der Waals surface area contributed by atoms with Crippen molar-refractivity contribution in [2.45, 2.75) is 6.54 Å². The first-order valence-electron chi connectivity index (χ1n) is 7.45. The highest BCUT2D eigenvalue weighted by molar-refractivity contribution is 7.13. The lowest BCUT2D eigenvalue weighted by atomic mass is 10.2. The van der Waals surface area contributed by atoms with Crippen molar-refractivity contribution in [2.75, 3.05) is 5.32 Å². The fourth-order valence-electron chi connectivity index (χ4n) is 2.06. The molecule has 9 heteroatoms. The molecule has 1 heterocycles. The highest BCUT2D eigenvalue weighted by Gasteiger charge is 2.15. The van der Waals surface area contributed by atoms with Crippen molar-refractivity contribution in [3.63, 3.8) is 0 Å². The Bertz CT molecular complexity index is 963. The summed E-state index contributed by atoms with van der Waals surface area (Å²) in [6, 6.07) is 12.4. The van der Waals surface area contributed by atoms with Gasteiger partial charge in [0, 0.05) is 10.7 Å². The van der Waals surface area contributed by atoms with Crippen LogP contribution in [-0.4, -0.2) is 22.0 Å². The van der Waals surface area contributed by atoms with Crippen LogP contribution in [0.5, 0.6) is 0 Å². The molecule has 2 N–H and O–H groups in total. The molecule has 0 unspecified atom stereocenters. The van der Waals surface area contributed by atoms with E-state index in [1.165, 1.54) is 18.2 Å². The van der Waals surface area contributed by atoms with Crippen LogP contribution in [0.2, 0.25) is 5.02 Å². The van der Waals surface area contributed by atoms with Gasteiger partial charge in [-0.05, 0) is 30.3 Å². The number of hydrogen-bond acceptors (Lipinski definition) is 5. The third kappa shape index (κ3) is 4.41. The van der Waals surface area contributed by atoms with Crippen LogP contribution in [-0.2, 0) is 6.54 Å². The van der Waals surface area contributed by atoms with Gasteiger partial charge in [-0.1, -0.05) is 41.1 Å². The number of hydrogen-bond donors (Lipinski definition) is 2. The molecule has 26 heavy (non-hydrogen) atoms. The Kier molecular flexibility index (Phi) is 5.55. The average molecular weight is 391 g/mol. The van der Waals surface area contributed by atoms with E-state index in [0.29, 0.717) is 15.7 Å². The number of carbonyl (C=O) groups excluding carboxylic acids is 2. The minimum absolute atomic E-state index is 0.0370. The molecule has 0 bridgehead atoms. The van der Waals surface area contributed by atoms with Crippen LogP contribution in [0.1, 0.15) is 25.2 Å². The zero-order valence-electron chi connectivity index (χ0n) is 13.2. The number of carbonyl (C=O) groups is 2. The molecule has 0 aliphatic carbocycles. The molecule has 0 aliphatic heterocycles. The van der Waals surface area contributed by atoms with Crippen LogP contribution in [0.3, 0.4) is 0 Å². The average Bonchev–Trinajstić information content (AvgIpc) is 3.09. The van der Waals surface area contributed by atoms with Gasteiger partial charge in [-0.25, -0.2) is 4.39 Å². The summed E-state index contributed by atoms with van der Waals surface area (Å²) in [6.45, 7) is 0.0370.